The van der Waals surface area contributed by atoms with Gasteiger partial charge in [0.05, 0.1) is 0 Å². The van der Waals surface area contributed by atoms with E-state index in [0.717, 1.165) is 0 Å². The molecule has 0 heterocycles. The van der Waals surface area contributed by atoms with E-state index >= 15 is 0 Å². The molecule has 1 N–H and O–H groups in total. The van der Waals surface area contributed by atoms with Gasteiger partial charge in [-0.25, -0.2) is 0 Å². The molecule has 0 saturated heterocycles. The molecule has 0 aromatic heterocycles. The van der Waals surface area contributed by atoms with E-state index in [2.05, 4.69) is 65.1 Å². The van der Waals surface area contributed by atoms with Crippen molar-refractivity contribution in [1.29, 1.82) is 0 Å². The summed E-state index contributed by atoms with van der Waals surface area (Å²) in [7, 11) is 0. The molecule has 1 aromatic rings. The molecule has 1 nitrogen and oxygen atoms in total. The van der Waals surface area contributed by atoms with Gasteiger partial charge in [0.2, 0.25) is 0 Å². The van der Waals surface area contributed by atoms with Gasteiger partial charge in [-0.1, -0.05) is 45.4 Å². The number of rotatable bonds is 2. The zero-order chi connectivity index (χ0) is 14.3. The Kier molecular flexibility index (Phi) is 3.68. The molecule has 1 saturated carbocycles. The fraction of sp³-hybridized carbons (Fsp3) is 0.667. The van der Waals surface area contributed by atoms with Gasteiger partial charge in [-0.3, -0.25) is 0 Å². The minimum Gasteiger partial charge on any atom is -0.382 e. The van der Waals surface area contributed by atoms with Gasteiger partial charge < -0.3 is 5.32 Å². The maximum absolute atomic E-state index is 3.79. The molecular formula is C18H29N. The van der Waals surface area contributed by atoms with E-state index in [1.165, 1.54) is 36.1 Å². The van der Waals surface area contributed by atoms with Crippen LogP contribution in [0, 0.1) is 24.7 Å². The molecule has 0 atom stereocenters. The summed E-state index contributed by atoms with van der Waals surface area (Å²) >= 11 is 0. The van der Waals surface area contributed by atoms with Gasteiger partial charge in [0, 0.05) is 11.7 Å². The first kappa shape index (κ1) is 14.4. The van der Waals surface area contributed by atoms with Crippen LogP contribution in [0.3, 0.4) is 0 Å². The third-order valence-electron chi connectivity index (χ3n) is 4.30. The molecule has 0 aliphatic heterocycles. The van der Waals surface area contributed by atoms with Gasteiger partial charge in [-0.2, -0.15) is 0 Å². The van der Waals surface area contributed by atoms with Crippen LogP contribution in [-0.4, -0.2) is 6.04 Å². The zero-order valence-corrected chi connectivity index (χ0v) is 13.4. The van der Waals surface area contributed by atoms with Crippen LogP contribution >= 0.6 is 0 Å². The van der Waals surface area contributed by atoms with E-state index in [1.807, 2.05) is 0 Å². The first-order chi connectivity index (χ1) is 8.67. The van der Waals surface area contributed by atoms with E-state index in [4.69, 9.17) is 0 Å². The lowest BCUT2D eigenvalue weighted by Gasteiger charge is -2.45. The molecule has 1 heteroatoms. The number of hydrogen-bond acceptors (Lipinski definition) is 1. The fourth-order valence-electron chi connectivity index (χ4n) is 4.14. The zero-order valence-electron chi connectivity index (χ0n) is 13.4. The Bertz CT molecular complexity index is 441. The van der Waals surface area contributed by atoms with Crippen LogP contribution in [0.15, 0.2) is 18.2 Å². The van der Waals surface area contributed by atoms with Crippen molar-refractivity contribution in [3.8, 4) is 0 Å². The second-order valence-electron chi connectivity index (χ2n) is 8.07. The summed E-state index contributed by atoms with van der Waals surface area (Å²) in [4.78, 5) is 0. The van der Waals surface area contributed by atoms with Crippen LogP contribution in [0.1, 0.15) is 58.1 Å². The molecule has 0 spiro atoms. The largest absolute Gasteiger partial charge is 0.382 e. The van der Waals surface area contributed by atoms with Crippen molar-refractivity contribution in [3.63, 3.8) is 0 Å². The van der Waals surface area contributed by atoms with Gasteiger partial charge in [0.25, 0.3) is 0 Å². The molecule has 0 amide bonds. The third kappa shape index (κ3) is 3.75. The van der Waals surface area contributed by atoms with Crippen LogP contribution in [0.25, 0.3) is 0 Å². The Morgan fingerprint density at radius 1 is 1.00 bits per heavy atom. The lowest BCUT2D eigenvalue weighted by Crippen LogP contribution is -2.40. The van der Waals surface area contributed by atoms with Crippen molar-refractivity contribution in [2.24, 2.45) is 10.8 Å². The molecule has 106 valence electrons. The van der Waals surface area contributed by atoms with Gasteiger partial charge in [-0.15, -0.1) is 0 Å². The van der Waals surface area contributed by atoms with Crippen LogP contribution in [0.2, 0.25) is 0 Å². The number of anilines is 1. The van der Waals surface area contributed by atoms with E-state index in [0.29, 0.717) is 16.9 Å². The Hall–Kier alpha value is -0.980. The Balaban J connectivity index is 2.14. The second kappa shape index (κ2) is 4.85. The molecule has 0 bridgehead atoms. The standard InChI is InChI=1S/C18H29N/c1-13-7-8-16(14(2)9-13)19-15-10-17(3,4)12-18(5,6)11-15/h7-9,15,19H,10-12H2,1-6H3. The Labute approximate surface area is 118 Å². The molecular weight excluding hydrogens is 230 g/mol. The van der Waals surface area contributed by atoms with Crippen LogP contribution in [-0.2, 0) is 0 Å². The first-order valence-electron chi connectivity index (χ1n) is 7.51. The number of benzene rings is 1. The number of hydrogen-bond donors (Lipinski definition) is 1. The van der Waals surface area contributed by atoms with Crippen molar-refractivity contribution in [3.05, 3.63) is 29.3 Å². The average molecular weight is 259 g/mol. The minimum atomic E-state index is 0.442. The topological polar surface area (TPSA) is 12.0 Å². The summed E-state index contributed by atoms with van der Waals surface area (Å²) < 4.78 is 0. The minimum absolute atomic E-state index is 0.442. The van der Waals surface area contributed by atoms with Crippen LogP contribution in [0.4, 0.5) is 5.69 Å². The third-order valence-corrected chi connectivity index (χ3v) is 4.30. The van der Waals surface area contributed by atoms with Crippen molar-refractivity contribution in [1.82, 2.24) is 0 Å². The van der Waals surface area contributed by atoms with Crippen molar-refractivity contribution >= 4 is 5.69 Å². The number of nitrogens with one attached hydrogen (secondary N) is 1. The highest BCUT2D eigenvalue weighted by atomic mass is 14.9. The fourth-order valence-corrected chi connectivity index (χ4v) is 4.14. The maximum Gasteiger partial charge on any atom is 0.0372 e. The first-order valence-corrected chi connectivity index (χ1v) is 7.51. The van der Waals surface area contributed by atoms with Gasteiger partial charge >= 0.3 is 0 Å². The van der Waals surface area contributed by atoms with E-state index < -0.39 is 0 Å². The van der Waals surface area contributed by atoms with Gasteiger partial charge in [-0.05, 0) is 55.6 Å². The molecule has 19 heavy (non-hydrogen) atoms. The smallest absolute Gasteiger partial charge is 0.0372 e. The molecule has 2 rings (SSSR count). The van der Waals surface area contributed by atoms with Crippen molar-refractivity contribution in [2.75, 3.05) is 5.32 Å². The summed E-state index contributed by atoms with van der Waals surface area (Å²) in [6, 6.07) is 7.30. The highest BCUT2D eigenvalue weighted by Gasteiger charge is 2.38. The maximum atomic E-state index is 3.79. The Morgan fingerprint density at radius 3 is 2.11 bits per heavy atom. The van der Waals surface area contributed by atoms with Gasteiger partial charge in [0.15, 0.2) is 0 Å². The summed E-state index contributed by atoms with van der Waals surface area (Å²) in [5, 5.41) is 3.79. The quantitative estimate of drug-likeness (QED) is 0.758. The lowest BCUT2D eigenvalue weighted by molar-refractivity contribution is 0.105. The van der Waals surface area contributed by atoms with Gasteiger partial charge in [0.1, 0.15) is 0 Å². The highest BCUT2D eigenvalue weighted by molar-refractivity contribution is 5.52. The second-order valence-corrected chi connectivity index (χ2v) is 8.07. The number of aryl methyl sites for hydroxylation is 2. The normalized spacial score (nSPS) is 22.2. The monoisotopic (exact) mass is 259 g/mol. The molecule has 1 aliphatic rings. The Morgan fingerprint density at radius 2 is 1.58 bits per heavy atom. The van der Waals surface area contributed by atoms with Crippen LogP contribution < -0.4 is 5.32 Å². The predicted molar refractivity (Wildman–Crippen MR) is 84.7 cm³/mol. The molecule has 0 radical (unpaired) electrons. The van der Waals surface area contributed by atoms with E-state index in [-0.39, 0.29) is 0 Å². The van der Waals surface area contributed by atoms with Crippen molar-refractivity contribution in [2.45, 2.75) is 66.8 Å². The molecule has 1 aliphatic carbocycles. The van der Waals surface area contributed by atoms with E-state index in [1.54, 1.807) is 0 Å². The lowest BCUT2D eigenvalue weighted by atomic mass is 9.63. The summed E-state index contributed by atoms with van der Waals surface area (Å²) in [5.74, 6) is 0. The molecule has 0 unspecified atom stereocenters. The van der Waals surface area contributed by atoms with Crippen molar-refractivity contribution < 1.29 is 0 Å². The summed E-state index contributed by atoms with van der Waals surface area (Å²) in [5.41, 5.74) is 4.90. The SMILES string of the molecule is Cc1ccc(NC2CC(C)(C)CC(C)(C)C2)c(C)c1. The highest BCUT2D eigenvalue weighted by Crippen LogP contribution is 2.46. The predicted octanol–water partition coefficient (Wildman–Crippen LogP) is 5.32. The average Bonchev–Trinajstić information content (AvgIpc) is 2.17. The van der Waals surface area contributed by atoms with E-state index in [9.17, 15) is 0 Å². The van der Waals surface area contributed by atoms with Crippen LogP contribution in [0.5, 0.6) is 0 Å². The molecule has 1 aromatic carbocycles. The summed E-state index contributed by atoms with van der Waals surface area (Å²) in [6.07, 6.45) is 3.86. The summed E-state index contributed by atoms with van der Waals surface area (Å²) in [6.45, 7) is 14.0. The molecule has 1 fully saturated rings.